The second kappa shape index (κ2) is 9.96. The Kier molecular flexibility index (Phi) is 7.01. The fourth-order valence-corrected chi connectivity index (χ4v) is 5.03. The number of anilines is 2. The van der Waals surface area contributed by atoms with E-state index in [4.69, 9.17) is 17.0 Å². The number of benzene rings is 3. The molecular weight excluding hydrogens is 472 g/mol. The maximum absolute atomic E-state index is 13.0. The average Bonchev–Trinajstić information content (AvgIpc) is 2.83. The highest BCUT2D eigenvalue weighted by atomic mass is 32.2. The fourth-order valence-electron chi connectivity index (χ4n) is 4.01. The lowest BCUT2D eigenvalue weighted by Gasteiger charge is -2.35. The first-order valence-electron chi connectivity index (χ1n) is 10.7. The van der Waals surface area contributed by atoms with Gasteiger partial charge in [0, 0.05) is 26.2 Å². The molecule has 0 radical (unpaired) electrons. The number of para-hydroxylation sites is 2. The second-order valence-corrected chi connectivity index (χ2v) is 10.4. The van der Waals surface area contributed by atoms with Crippen molar-refractivity contribution in [3.63, 3.8) is 0 Å². The van der Waals surface area contributed by atoms with E-state index in [1.54, 1.807) is 6.07 Å². The lowest BCUT2D eigenvalue weighted by atomic mass is 10.1. The average molecular weight is 499 g/mol. The van der Waals surface area contributed by atoms with E-state index in [-0.39, 0.29) is 11.0 Å². The molecule has 3 aromatic carbocycles. The molecule has 0 saturated carbocycles. The standard InChI is InChI=1S/C24H26N4O4S2/c1-32-22-16-18-8-4-3-7-17(18)15-19(22)23(29)26-24(33)25-20-9-5-6-10-21(20)27-11-13-28(14-12-27)34(2,30)31/h3-10,15-16H,11-14H2,1-2H3,(H2,25,26,29,33). The van der Waals surface area contributed by atoms with Gasteiger partial charge in [0.05, 0.1) is 30.3 Å². The summed E-state index contributed by atoms with van der Waals surface area (Å²) in [6.07, 6.45) is 1.23. The minimum Gasteiger partial charge on any atom is -0.496 e. The zero-order valence-corrected chi connectivity index (χ0v) is 20.6. The van der Waals surface area contributed by atoms with Crippen molar-refractivity contribution in [1.29, 1.82) is 0 Å². The summed E-state index contributed by atoms with van der Waals surface area (Å²) < 4.78 is 30.5. The zero-order chi connectivity index (χ0) is 24.3. The molecule has 3 aromatic rings. The molecule has 1 amide bonds. The molecule has 1 fully saturated rings. The van der Waals surface area contributed by atoms with Gasteiger partial charge in [-0.1, -0.05) is 36.4 Å². The molecule has 2 N–H and O–H groups in total. The summed E-state index contributed by atoms with van der Waals surface area (Å²) in [5.41, 5.74) is 2.00. The summed E-state index contributed by atoms with van der Waals surface area (Å²) in [7, 11) is -1.68. The van der Waals surface area contributed by atoms with E-state index in [1.165, 1.54) is 17.7 Å². The third-order valence-corrected chi connectivity index (χ3v) is 7.25. The number of methoxy groups -OCH3 is 1. The van der Waals surface area contributed by atoms with E-state index >= 15 is 0 Å². The number of carbonyl (C=O) groups excluding carboxylic acids is 1. The topological polar surface area (TPSA) is 91.0 Å². The number of amides is 1. The van der Waals surface area contributed by atoms with Crippen molar-refractivity contribution in [2.24, 2.45) is 0 Å². The van der Waals surface area contributed by atoms with Gasteiger partial charge in [-0.3, -0.25) is 10.1 Å². The van der Waals surface area contributed by atoms with Crippen LogP contribution in [0.3, 0.4) is 0 Å². The molecule has 4 rings (SSSR count). The summed E-state index contributed by atoms with van der Waals surface area (Å²) >= 11 is 5.43. The number of sulfonamides is 1. The summed E-state index contributed by atoms with van der Waals surface area (Å²) in [5, 5.41) is 7.90. The first kappa shape index (κ1) is 23.9. The van der Waals surface area contributed by atoms with Crippen LogP contribution in [0.25, 0.3) is 10.8 Å². The number of nitrogens with one attached hydrogen (secondary N) is 2. The van der Waals surface area contributed by atoms with Gasteiger partial charge in [0.25, 0.3) is 5.91 Å². The Labute approximate surface area is 204 Å². The maximum Gasteiger partial charge on any atom is 0.261 e. The predicted octanol–water partition coefficient (Wildman–Crippen LogP) is 3.06. The highest BCUT2D eigenvalue weighted by Crippen LogP contribution is 2.28. The molecule has 1 saturated heterocycles. The lowest BCUT2D eigenvalue weighted by Crippen LogP contribution is -2.48. The van der Waals surface area contributed by atoms with Gasteiger partial charge in [0.1, 0.15) is 5.75 Å². The Morgan fingerprint density at radius 3 is 2.24 bits per heavy atom. The van der Waals surface area contributed by atoms with Crippen LogP contribution in [0.1, 0.15) is 10.4 Å². The van der Waals surface area contributed by atoms with Crippen molar-refractivity contribution in [2.45, 2.75) is 0 Å². The Hall–Kier alpha value is -3.21. The van der Waals surface area contributed by atoms with E-state index in [0.717, 1.165) is 22.1 Å². The molecule has 0 spiro atoms. The van der Waals surface area contributed by atoms with Crippen LogP contribution in [0.15, 0.2) is 60.7 Å². The van der Waals surface area contributed by atoms with Crippen molar-refractivity contribution < 1.29 is 17.9 Å². The van der Waals surface area contributed by atoms with Gasteiger partial charge in [-0.2, -0.15) is 4.31 Å². The van der Waals surface area contributed by atoms with Gasteiger partial charge >= 0.3 is 0 Å². The molecule has 8 nitrogen and oxygen atoms in total. The van der Waals surface area contributed by atoms with Crippen LogP contribution < -0.4 is 20.3 Å². The normalized spacial score (nSPS) is 14.6. The first-order valence-corrected chi connectivity index (χ1v) is 13.0. The third-order valence-electron chi connectivity index (χ3n) is 5.74. The Morgan fingerprint density at radius 2 is 1.59 bits per heavy atom. The molecule has 0 aromatic heterocycles. The van der Waals surface area contributed by atoms with Gasteiger partial charge in [0.15, 0.2) is 5.11 Å². The number of piperazine rings is 1. The SMILES string of the molecule is COc1cc2ccccc2cc1C(=O)NC(=S)Nc1ccccc1N1CCN(S(C)(=O)=O)CC1. The second-order valence-electron chi connectivity index (χ2n) is 7.97. The minimum absolute atomic E-state index is 0.155. The van der Waals surface area contributed by atoms with Crippen molar-refractivity contribution in [3.05, 3.63) is 66.2 Å². The number of thiocarbonyl (C=S) groups is 1. The summed E-state index contributed by atoms with van der Waals surface area (Å²) in [4.78, 5) is 15.1. The Balaban J connectivity index is 1.47. The van der Waals surface area contributed by atoms with Gasteiger partial charge in [0.2, 0.25) is 10.0 Å². The molecule has 1 aliphatic rings. The molecule has 0 unspecified atom stereocenters. The molecule has 34 heavy (non-hydrogen) atoms. The van der Waals surface area contributed by atoms with Crippen molar-refractivity contribution >= 4 is 55.4 Å². The number of fused-ring (bicyclic) bond motifs is 1. The van der Waals surface area contributed by atoms with Crippen LogP contribution in [0, 0.1) is 0 Å². The van der Waals surface area contributed by atoms with Crippen molar-refractivity contribution in [1.82, 2.24) is 9.62 Å². The quantitative estimate of drug-likeness (QED) is 0.523. The summed E-state index contributed by atoms with van der Waals surface area (Å²) in [6.45, 7) is 1.94. The largest absolute Gasteiger partial charge is 0.496 e. The molecule has 1 heterocycles. The van der Waals surface area contributed by atoms with E-state index < -0.39 is 10.0 Å². The van der Waals surface area contributed by atoms with Gasteiger partial charge < -0.3 is 15.0 Å². The minimum atomic E-state index is -3.21. The molecule has 0 bridgehead atoms. The number of nitrogens with zero attached hydrogens (tertiary/aromatic N) is 2. The van der Waals surface area contributed by atoms with Crippen molar-refractivity contribution in [2.75, 3.05) is 49.8 Å². The Bertz CT molecular complexity index is 1340. The monoisotopic (exact) mass is 498 g/mol. The predicted molar refractivity (Wildman–Crippen MR) is 139 cm³/mol. The Morgan fingerprint density at radius 1 is 0.971 bits per heavy atom. The summed E-state index contributed by atoms with van der Waals surface area (Å²) in [5.74, 6) is 0.0856. The molecule has 178 valence electrons. The molecule has 10 heteroatoms. The number of hydrogen-bond donors (Lipinski definition) is 2. The van der Waals surface area contributed by atoms with E-state index in [9.17, 15) is 13.2 Å². The third kappa shape index (κ3) is 5.30. The molecule has 1 aliphatic heterocycles. The highest BCUT2D eigenvalue weighted by Gasteiger charge is 2.25. The summed E-state index contributed by atoms with van der Waals surface area (Å²) in [6, 6.07) is 18.9. The smallest absolute Gasteiger partial charge is 0.261 e. The molecular formula is C24H26N4O4S2. The van der Waals surface area contributed by atoms with Crippen LogP contribution in [0.4, 0.5) is 11.4 Å². The molecule has 0 aliphatic carbocycles. The number of carbonyl (C=O) groups is 1. The van der Waals surface area contributed by atoms with Crippen LogP contribution in [-0.4, -0.2) is 63.3 Å². The van der Waals surface area contributed by atoms with Gasteiger partial charge in [-0.15, -0.1) is 0 Å². The fraction of sp³-hybridized carbons (Fsp3) is 0.250. The van der Waals surface area contributed by atoms with Crippen LogP contribution in [-0.2, 0) is 10.0 Å². The number of hydrogen-bond acceptors (Lipinski definition) is 6. The maximum atomic E-state index is 13.0. The van der Waals surface area contributed by atoms with E-state index in [1.807, 2.05) is 54.6 Å². The van der Waals surface area contributed by atoms with E-state index in [0.29, 0.717) is 37.5 Å². The van der Waals surface area contributed by atoms with Crippen LogP contribution in [0.5, 0.6) is 5.75 Å². The first-order chi connectivity index (χ1) is 16.3. The number of rotatable bonds is 5. The van der Waals surface area contributed by atoms with Crippen LogP contribution in [0.2, 0.25) is 0 Å². The molecule has 0 atom stereocenters. The zero-order valence-electron chi connectivity index (χ0n) is 18.9. The van der Waals surface area contributed by atoms with Crippen molar-refractivity contribution in [3.8, 4) is 5.75 Å². The lowest BCUT2D eigenvalue weighted by molar-refractivity contribution is 0.0975. The van der Waals surface area contributed by atoms with Gasteiger partial charge in [-0.05, 0) is 47.3 Å². The number of ether oxygens (including phenoxy) is 1. The van der Waals surface area contributed by atoms with E-state index in [2.05, 4.69) is 15.5 Å². The van der Waals surface area contributed by atoms with Crippen LogP contribution >= 0.6 is 12.2 Å². The highest BCUT2D eigenvalue weighted by molar-refractivity contribution is 7.88. The van der Waals surface area contributed by atoms with Gasteiger partial charge in [-0.25, -0.2) is 8.42 Å².